The van der Waals surface area contributed by atoms with Crippen molar-refractivity contribution in [3.05, 3.63) is 71.8 Å². The van der Waals surface area contributed by atoms with Gasteiger partial charge < -0.3 is 10.1 Å². The molecule has 0 aliphatic heterocycles. The van der Waals surface area contributed by atoms with Crippen LogP contribution in [0.15, 0.2) is 60.7 Å². The van der Waals surface area contributed by atoms with E-state index in [0.717, 1.165) is 6.54 Å². The number of nitrogens with one attached hydrogen (secondary N) is 1. The van der Waals surface area contributed by atoms with Crippen LogP contribution in [0.2, 0.25) is 0 Å². The molecule has 2 aromatic carbocycles. The molecule has 1 aliphatic rings. The summed E-state index contributed by atoms with van der Waals surface area (Å²) in [4.78, 5) is 0. The minimum absolute atomic E-state index is 0.122. The Balaban J connectivity index is 1.62. The number of hydrogen-bond acceptors (Lipinski definition) is 2. The molecule has 1 aliphatic carbocycles. The smallest absolute Gasteiger partial charge is 0.0953 e. The standard InChI is InChI=1S/C18H21NO/c1-3-7-15(8-4-1)14-20-18(13-19-17-11-12-17)16-9-5-2-6-10-16/h1-10,17-19H,11-14H2. The van der Waals surface area contributed by atoms with Gasteiger partial charge in [-0.2, -0.15) is 0 Å². The lowest BCUT2D eigenvalue weighted by atomic mass is 10.1. The number of rotatable bonds is 7. The van der Waals surface area contributed by atoms with Crippen LogP contribution < -0.4 is 5.32 Å². The minimum Gasteiger partial charge on any atom is -0.368 e. The van der Waals surface area contributed by atoms with Crippen molar-refractivity contribution in [1.82, 2.24) is 5.32 Å². The van der Waals surface area contributed by atoms with Crippen LogP contribution in [0.4, 0.5) is 0 Å². The van der Waals surface area contributed by atoms with Gasteiger partial charge in [0.15, 0.2) is 0 Å². The first kappa shape index (κ1) is 13.3. The van der Waals surface area contributed by atoms with Crippen LogP contribution in [-0.4, -0.2) is 12.6 Å². The lowest BCUT2D eigenvalue weighted by Gasteiger charge is -2.19. The predicted molar refractivity (Wildman–Crippen MR) is 81.4 cm³/mol. The van der Waals surface area contributed by atoms with Gasteiger partial charge in [0.25, 0.3) is 0 Å². The lowest BCUT2D eigenvalue weighted by molar-refractivity contribution is 0.0395. The summed E-state index contributed by atoms with van der Waals surface area (Å²) < 4.78 is 6.13. The van der Waals surface area contributed by atoms with Crippen molar-refractivity contribution in [2.75, 3.05) is 6.54 Å². The van der Waals surface area contributed by atoms with Crippen molar-refractivity contribution in [3.63, 3.8) is 0 Å². The summed E-state index contributed by atoms with van der Waals surface area (Å²) in [7, 11) is 0. The highest BCUT2D eigenvalue weighted by atomic mass is 16.5. The fraction of sp³-hybridized carbons (Fsp3) is 0.333. The first-order valence-electron chi connectivity index (χ1n) is 7.35. The highest BCUT2D eigenvalue weighted by Crippen LogP contribution is 2.23. The van der Waals surface area contributed by atoms with Crippen molar-refractivity contribution in [3.8, 4) is 0 Å². The predicted octanol–water partition coefficient (Wildman–Crippen LogP) is 3.70. The van der Waals surface area contributed by atoms with Gasteiger partial charge in [0.1, 0.15) is 0 Å². The number of benzene rings is 2. The largest absolute Gasteiger partial charge is 0.368 e. The average Bonchev–Trinajstić information content (AvgIpc) is 3.33. The molecule has 2 nitrogen and oxygen atoms in total. The summed E-state index contributed by atoms with van der Waals surface area (Å²) in [5, 5.41) is 3.57. The maximum absolute atomic E-state index is 6.13. The van der Waals surface area contributed by atoms with E-state index in [1.165, 1.54) is 24.0 Å². The van der Waals surface area contributed by atoms with Crippen LogP contribution in [-0.2, 0) is 11.3 Å². The monoisotopic (exact) mass is 267 g/mol. The van der Waals surface area contributed by atoms with E-state index < -0.39 is 0 Å². The van der Waals surface area contributed by atoms with Crippen molar-refractivity contribution >= 4 is 0 Å². The highest BCUT2D eigenvalue weighted by Gasteiger charge is 2.22. The summed E-state index contributed by atoms with van der Waals surface area (Å²) >= 11 is 0. The molecule has 1 unspecified atom stereocenters. The molecule has 0 aromatic heterocycles. The highest BCUT2D eigenvalue weighted by molar-refractivity contribution is 5.19. The summed E-state index contributed by atoms with van der Waals surface area (Å²) in [6.07, 6.45) is 2.73. The molecule has 3 rings (SSSR count). The van der Waals surface area contributed by atoms with Crippen LogP contribution in [0.1, 0.15) is 30.1 Å². The molecule has 0 heterocycles. The van der Waals surface area contributed by atoms with Crippen LogP contribution in [0, 0.1) is 0 Å². The van der Waals surface area contributed by atoms with Gasteiger partial charge in [0.2, 0.25) is 0 Å². The topological polar surface area (TPSA) is 21.3 Å². The number of ether oxygens (including phenoxy) is 1. The zero-order valence-corrected chi connectivity index (χ0v) is 11.7. The maximum atomic E-state index is 6.13. The number of hydrogen-bond donors (Lipinski definition) is 1. The van der Waals surface area contributed by atoms with Crippen LogP contribution in [0.5, 0.6) is 0 Å². The van der Waals surface area contributed by atoms with Gasteiger partial charge in [0, 0.05) is 12.6 Å². The Bertz CT molecular complexity index is 507. The Labute approximate surface area is 120 Å². The summed E-state index contributed by atoms with van der Waals surface area (Å²) in [5.41, 5.74) is 2.47. The van der Waals surface area contributed by atoms with E-state index in [1.807, 2.05) is 12.1 Å². The molecule has 0 saturated heterocycles. The molecule has 104 valence electrons. The van der Waals surface area contributed by atoms with Crippen LogP contribution >= 0.6 is 0 Å². The third-order valence-electron chi connectivity index (χ3n) is 3.63. The first-order chi connectivity index (χ1) is 9.92. The molecule has 1 N–H and O–H groups in total. The van der Waals surface area contributed by atoms with Gasteiger partial charge in [-0.05, 0) is 24.0 Å². The zero-order chi connectivity index (χ0) is 13.6. The molecular weight excluding hydrogens is 246 g/mol. The minimum atomic E-state index is 0.122. The SMILES string of the molecule is c1ccc(COC(CNC2CC2)c2ccccc2)cc1. The third kappa shape index (κ3) is 3.92. The van der Waals surface area contributed by atoms with Gasteiger partial charge in [0.05, 0.1) is 12.7 Å². The van der Waals surface area contributed by atoms with E-state index in [9.17, 15) is 0 Å². The van der Waals surface area contributed by atoms with Gasteiger partial charge in [-0.25, -0.2) is 0 Å². The average molecular weight is 267 g/mol. The van der Waals surface area contributed by atoms with Crippen molar-refractivity contribution < 1.29 is 4.74 Å². The quantitative estimate of drug-likeness (QED) is 0.826. The van der Waals surface area contributed by atoms with E-state index in [-0.39, 0.29) is 6.10 Å². The Morgan fingerprint density at radius 3 is 2.25 bits per heavy atom. The molecule has 2 heteroatoms. The van der Waals surface area contributed by atoms with E-state index in [1.54, 1.807) is 0 Å². The van der Waals surface area contributed by atoms with Crippen LogP contribution in [0.25, 0.3) is 0 Å². The Kier molecular flexibility index (Phi) is 4.46. The molecule has 0 amide bonds. The van der Waals surface area contributed by atoms with Gasteiger partial charge >= 0.3 is 0 Å². The fourth-order valence-electron chi connectivity index (χ4n) is 2.27. The molecule has 20 heavy (non-hydrogen) atoms. The Morgan fingerprint density at radius 1 is 0.950 bits per heavy atom. The second-order valence-electron chi connectivity index (χ2n) is 5.38. The van der Waals surface area contributed by atoms with Gasteiger partial charge in [-0.15, -0.1) is 0 Å². The van der Waals surface area contributed by atoms with E-state index >= 15 is 0 Å². The van der Waals surface area contributed by atoms with E-state index in [2.05, 4.69) is 53.8 Å². The molecule has 1 fully saturated rings. The maximum Gasteiger partial charge on any atom is 0.0953 e. The van der Waals surface area contributed by atoms with Gasteiger partial charge in [-0.3, -0.25) is 0 Å². The Morgan fingerprint density at radius 2 is 1.60 bits per heavy atom. The molecular formula is C18H21NO. The van der Waals surface area contributed by atoms with E-state index in [0.29, 0.717) is 12.6 Å². The fourth-order valence-corrected chi connectivity index (χ4v) is 2.27. The molecule has 2 aromatic rings. The Hall–Kier alpha value is -1.64. The second-order valence-corrected chi connectivity index (χ2v) is 5.38. The second kappa shape index (κ2) is 6.69. The molecule has 0 bridgehead atoms. The first-order valence-corrected chi connectivity index (χ1v) is 7.35. The van der Waals surface area contributed by atoms with Gasteiger partial charge in [-0.1, -0.05) is 60.7 Å². The molecule has 1 atom stereocenters. The summed E-state index contributed by atoms with van der Waals surface area (Å²) in [6.45, 7) is 1.55. The third-order valence-corrected chi connectivity index (χ3v) is 3.63. The molecule has 1 saturated carbocycles. The normalized spacial score (nSPS) is 16.0. The van der Waals surface area contributed by atoms with Crippen molar-refractivity contribution in [2.24, 2.45) is 0 Å². The summed E-state index contributed by atoms with van der Waals surface area (Å²) in [5.74, 6) is 0. The molecule has 0 spiro atoms. The molecule has 0 radical (unpaired) electrons. The lowest BCUT2D eigenvalue weighted by Crippen LogP contribution is -2.25. The van der Waals surface area contributed by atoms with Crippen LogP contribution in [0.3, 0.4) is 0 Å². The van der Waals surface area contributed by atoms with Crippen molar-refractivity contribution in [1.29, 1.82) is 0 Å². The van der Waals surface area contributed by atoms with E-state index in [4.69, 9.17) is 4.74 Å². The van der Waals surface area contributed by atoms with Crippen molar-refractivity contribution in [2.45, 2.75) is 31.6 Å². The zero-order valence-electron chi connectivity index (χ0n) is 11.7. The summed E-state index contributed by atoms with van der Waals surface area (Å²) in [6, 6.07) is 21.6.